The van der Waals surface area contributed by atoms with Gasteiger partial charge in [0.05, 0.1) is 6.61 Å². The summed E-state index contributed by atoms with van der Waals surface area (Å²) in [6.07, 6.45) is 0. The van der Waals surface area contributed by atoms with Gasteiger partial charge in [-0.3, -0.25) is 0 Å². The first-order valence-electron chi connectivity index (χ1n) is 5.63. The summed E-state index contributed by atoms with van der Waals surface area (Å²) < 4.78 is 5.10. The molecule has 0 spiro atoms. The number of hydrogen-bond acceptors (Lipinski definition) is 4. The van der Waals surface area contributed by atoms with Gasteiger partial charge in [-0.25, -0.2) is 4.98 Å². The van der Waals surface area contributed by atoms with E-state index in [0.717, 1.165) is 30.2 Å². The second kappa shape index (κ2) is 6.45. The summed E-state index contributed by atoms with van der Waals surface area (Å²) in [4.78, 5) is 6.75. The predicted molar refractivity (Wildman–Crippen MR) is 66.6 cm³/mol. The van der Waals surface area contributed by atoms with Crippen LogP contribution in [0.3, 0.4) is 0 Å². The average molecular weight is 223 g/mol. The average Bonchev–Trinajstić information content (AvgIpc) is 2.30. The monoisotopic (exact) mass is 223 g/mol. The van der Waals surface area contributed by atoms with Gasteiger partial charge in [-0.15, -0.1) is 0 Å². The lowest BCUT2D eigenvalue weighted by molar-refractivity contribution is 0.205. The Kier molecular flexibility index (Phi) is 5.22. The number of nitrogens with zero attached hydrogens (tertiary/aromatic N) is 2. The number of aromatic nitrogens is 1. The fourth-order valence-corrected chi connectivity index (χ4v) is 1.62. The van der Waals surface area contributed by atoms with Crippen LogP contribution in [0.25, 0.3) is 0 Å². The van der Waals surface area contributed by atoms with Crippen molar-refractivity contribution >= 4 is 5.82 Å². The van der Waals surface area contributed by atoms with Gasteiger partial charge in [-0.05, 0) is 19.9 Å². The molecule has 0 bridgehead atoms. The molecule has 0 amide bonds. The van der Waals surface area contributed by atoms with Crippen LogP contribution >= 0.6 is 0 Å². The van der Waals surface area contributed by atoms with Crippen molar-refractivity contribution in [3.8, 4) is 0 Å². The van der Waals surface area contributed by atoms with Gasteiger partial charge >= 0.3 is 0 Å². The van der Waals surface area contributed by atoms with Crippen LogP contribution in [-0.2, 0) is 11.3 Å². The van der Waals surface area contributed by atoms with Gasteiger partial charge in [-0.1, -0.05) is 6.07 Å². The Bertz CT molecular complexity index is 328. The molecular formula is C12H21N3O. The minimum atomic E-state index is 0.520. The van der Waals surface area contributed by atoms with Gasteiger partial charge in [0.2, 0.25) is 0 Å². The molecule has 0 aliphatic rings. The molecular weight excluding hydrogens is 202 g/mol. The lowest BCUT2D eigenvalue weighted by atomic mass is 10.2. The first-order valence-corrected chi connectivity index (χ1v) is 5.63. The number of ether oxygens (including phenoxy) is 1. The van der Waals surface area contributed by atoms with Crippen LogP contribution in [0.1, 0.15) is 18.2 Å². The number of likely N-dealkylation sites (N-methyl/N-ethyl adjacent to an activating group) is 1. The summed E-state index contributed by atoms with van der Waals surface area (Å²) in [5.74, 6) is 0.988. The molecule has 0 atom stereocenters. The fourth-order valence-electron chi connectivity index (χ4n) is 1.62. The van der Waals surface area contributed by atoms with Crippen LogP contribution in [-0.4, -0.2) is 31.8 Å². The van der Waals surface area contributed by atoms with Crippen LogP contribution in [0.15, 0.2) is 12.1 Å². The molecule has 1 aromatic heterocycles. The van der Waals surface area contributed by atoms with Crippen molar-refractivity contribution in [3.63, 3.8) is 0 Å². The molecule has 2 N–H and O–H groups in total. The van der Waals surface area contributed by atoms with Crippen LogP contribution in [0.5, 0.6) is 0 Å². The smallest absolute Gasteiger partial charge is 0.133 e. The Morgan fingerprint density at radius 1 is 1.44 bits per heavy atom. The summed E-state index contributed by atoms with van der Waals surface area (Å²) in [5, 5.41) is 0. The molecule has 0 fully saturated rings. The minimum absolute atomic E-state index is 0.520. The van der Waals surface area contributed by atoms with Gasteiger partial charge in [0, 0.05) is 38.0 Å². The minimum Gasteiger partial charge on any atom is -0.383 e. The molecule has 0 saturated carbocycles. The number of anilines is 1. The van der Waals surface area contributed by atoms with E-state index >= 15 is 0 Å². The molecule has 16 heavy (non-hydrogen) atoms. The quantitative estimate of drug-likeness (QED) is 0.790. The van der Waals surface area contributed by atoms with Gasteiger partial charge in [0.15, 0.2) is 0 Å². The van der Waals surface area contributed by atoms with E-state index in [9.17, 15) is 0 Å². The van der Waals surface area contributed by atoms with Crippen LogP contribution < -0.4 is 10.6 Å². The van der Waals surface area contributed by atoms with Crippen molar-refractivity contribution in [1.82, 2.24) is 4.98 Å². The largest absolute Gasteiger partial charge is 0.383 e. The molecule has 0 aliphatic carbocycles. The van der Waals surface area contributed by atoms with Gasteiger partial charge < -0.3 is 15.4 Å². The van der Waals surface area contributed by atoms with E-state index < -0.39 is 0 Å². The molecule has 0 radical (unpaired) electrons. The van der Waals surface area contributed by atoms with Crippen LogP contribution in [0.2, 0.25) is 0 Å². The van der Waals surface area contributed by atoms with Gasteiger partial charge in [0.1, 0.15) is 5.82 Å². The molecule has 4 nitrogen and oxygen atoms in total. The molecule has 90 valence electrons. The maximum atomic E-state index is 5.72. The number of methoxy groups -OCH3 is 1. The highest BCUT2D eigenvalue weighted by Gasteiger charge is 2.10. The zero-order chi connectivity index (χ0) is 12.0. The molecule has 0 saturated heterocycles. The van der Waals surface area contributed by atoms with Crippen molar-refractivity contribution < 1.29 is 4.74 Å². The van der Waals surface area contributed by atoms with Crippen molar-refractivity contribution in [3.05, 3.63) is 23.4 Å². The third-order valence-electron chi connectivity index (χ3n) is 2.56. The number of aryl methyl sites for hydroxylation is 1. The van der Waals surface area contributed by atoms with E-state index in [1.54, 1.807) is 7.11 Å². The number of pyridine rings is 1. The molecule has 0 aromatic carbocycles. The zero-order valence-electron chi connectivity index (χ0n) is 10.4. The molecule has 1 aromatic rings. The topological polar surface area (TPSA) is 51.4 Å². The summed E-state index contributed by atoms with van der Waals surface area (Å²) in [7, 11) is 1.71. The lowest BCUT2D eigenvalue weighted by Gasteiger charge is -2.24. The van der Waals surface area contributed by atoms with Crippen LogP contribution in [0, 0.1) is 6.92 Å². The van der Waals surface area contributed by atoms with Crippen LogP contribution in [0.4, 0.5) is 5.82 Å². The predicted octanol–water partition coefficient (Wildman–Crippen LogP) is 1.32. The Labute approximate surface area is 97.4 Å². The Hall–Kier alpha value is -1.13. The van der Waals surface area contributed by atoms with E-state index in [4.69, 9.17) is 10.5 Å². The molecule has 1 heterocycles. The highest BCUT2D eigenvalue weighted by atomic mass is 16.5. The summed E-state index contributed by atoms with van der Waals surface area (Å²) in [5.41, 5.74) is 7.83. The number of nitrogens with two attached hydrogens (primary N) is 1. The third kappa shape index (κ3) is 3.18. The SMILES string of the molecule is CCN(CCOC)c1nc(C)ccc1CN. The van der Waals surface area contributed by atoms with Crippen molar-refractivity contribution in [2.24, 2.45) is 5.73 Å². The molecule has 0 unspecified atom stereocenters. The Morgan fingerprint density at radius 2 is 2.19 bits per heavy atom. The van der Waals surface area contributed by atoms with Crippen molar-refractivity contribution in [2.75, 3.05) is 31.7 Å². The Morgan fingerprint density at radius 3 is 2.75 bits per heavy atom. The van der Waals surface area contributed by atoms with Gasteiger partial charge in [0.25, 0.3) is 0 Å². The summed E-state index contributed by atoms with van der Waals surface area (Å²) >= 11 is 0. The Balaban J connectivity index is 2.92. The number of hydrogen-bond donors (Lipinski definition) is 1. The first-order chi connectivity index (χ1) is 7.72. The highest BCUT2D eigenvalue weighted by Crippen LogP contribution is 2.17. The first kappa shape index (κ1) is 12.9. The maximum Gasteiger partial charge on any atom is 0.133 e. The second-order valence-electron chi connectivity index (χ2n) is 3.71. The van der Waals surface area contributed by atoms with Crippen molar-refractivity contribution in [2.45, 2.75) is 20.4 Å². The van der Waals surface area contributed by atoms with Gasteiger partial charge in [-0.2, -0.15) is 0 Å². The molecule has 1 rings (SSSR count). The molecule has 0 aliphatic heterocycles. The normalized spacial score (nSPS) is 10.5. The summed E-state index contributed by atoms with van der Waals surface area (Å²) in [6, 6.07) is 4.04. The van der Waals surface area contributed by atoms with E-state index in [1.807, 2.05) is 19.1 Å². The van der Waals surface area contributed by atoms with E-state index in [1.165, 1.54) is 0 Å². The summed E-state index contributed by atoms with van der Waals surface area (Å²) in [6.45, 7) is 7.08. The fraction of sp³-hybridized carbons (Fsp3) is 0.583. The second-order valence-corrected chi connectivity index (χ2v) is 3.71. The lowest BCUT2D eigenvalue weighted by Crippen LogP contribution is -2.29. The zero-order valence-corrected chi connectivity index (χ0v) is 10.4. The maximum absolute atomic E-state index is 5.72. The van der Waals surface area contributed by atoms with E-state index in [2.05, 4.69) is 16.8 Å². The standard InChI is InChI=1S/C12H21N3O/c1-4-15(7-8-16-3)12-11(9-13)6-5-10(2)14-12/h5-6H,4,7-9,13H2,1-3H3. The van der Waals surface area contributed by atoms with Crippen molar-refractivity contribution in [1.29, 1.82) is 0 Å². The van der Waals surface area contributed by atoms with E-state index in [0.29, 0.717) is 13.2 Å². The molecule has 4 heteroatoms. The number of rotatable bonds is 6. The third-order valence-corrected chi connectivity index (χ3v) is 2.56. The van der Waals surface area contributed by atoms with E-state index in [-0.39, 0.29) is 0 Å². The highest BCUT2D eigenvalue weighted by molar-refractivity contribution is 5.47.